The number of aliphatic imine (C=N–C) groups is 1. The van der Waals surface area contributed by atoms with E-state index in [1.165, 1.54) is 11.1 Å². The number of nitrogens with zero attached hydrogens (tertiary/aromatic N) is 2. The predicted molar refractivity (Wildman–Crippen MR) is 114 cm³/mol. The average Bonchev–Trinajstić information content (AvgIpc) is 2.61. The minimum absolute atomic E-state index is 0. The van der Waals surface area contributed by atoms with Crippen molar-refractivity contribution in [2.45, 2.75) is 38.8 Å². The zero-order valence-corrected chi connectivity index (χ0v) is 18.0. The van der Waals surface area contributed by atoms with Gasteiger partial charge < -0.3 is 19.7 Å². The van der Waals surface area contributed by atoms with E-state index >= 15 is 0 Å². The molecule has 1 aliphatic heterocycles. The first-order valence-electron chi connectivity index (χ1n) is 8.86. The number of hydrogen-bond acceptors (Lipinski definition) is 3. The zero-order chi connectivity index (χ0) is 17.2. The summed E-state index contributed by atoms with van der Waals surface area (Å²) in [6.07, 6.45) is 3.40. The van der Waals surface area contributed by atoms with E-state index in [4.69, 9.17) is 9.47 Å². The van der Waals surface area contributed by atoms with Crippen molar-refractivity contribution in [1.82, 2.24) is 10.2 Å². The summed E-state index contributed by atoms with van der Waals surface area (Å²) in [5.41, 5.74) is 2.63. The second-order valence-corrected chi connectivity index (χ2v) is 6.29. The Hall–Kier alpha value is -0.860. The maximum atomic E-state index is 5.90. The fourth-order valence-corrected chi connectivity index (χ4v) is 2.87. The molecule has 6 heteroatoms. The Morgan fingerprint density at radius 3 is 2.72 bits per heavy atom. The molecule has 5 nitrogen and oxygen atoms in total. The van der Waals surface area contributed by atoms with Crippen molar-refractivity contribution in [3.8, 4) is 0 Å². The van der Waals surface area contributed by atoms with Crippen molar-refractivity contribution < 1.29 is 9.47 Å². The van der Waals surface area contributed by atoms with Gasteiger partial charge in [-0.3, -0.25) is 4.99 Å². The fourth-order valence-electron chi connectivity index (χ4n) is 2.87. The lowest BCUT2D eigenvalue weighted by Gasteiger charge is -2.24. The SMILES string of the molecule is CN=C(NCCCOC1CCOCC1)N(C)Cc1ccccc1C.I. The Morgan fingerprint density at radius 2 is 2.04 bits per heavy atom. The standard InChI is InChI=1S/C19H31N3O2.HI/c1-16-7-4-5-8-17(16)15-22(3)19(20-2)21-11-6-12-24-18-9-13-23-14-10-18;/h4-5,7-8,18H,6,9-15H2,1-3H3,(H,20,21);1H. The van der Waals surface area contributed by atoms with Crippen LogP contribution >= 0.6 is 24.0 Å². The lowest BCUT2D eigenvalue weighted by molar-refractivity contribution is -0.0320. The highest BCUT2D eigenvalue weighted by Crippen LogP contribution is 2.11. The van der Waals surface area contributed by atoms with E-state index in [2.05, 4.69) is 53.4 Å². The molecule has 0 amide bonds. The van der Waals surface area contributed by atoms with Gasteiger partial charge >= 0.3 is 0 Å². The van der Waals surface area contributed by atoms with Crippen LogP contribution in [0.15, 0.2) is 29.3 Å². The van der Waals surface area contributed by atoms with Crippen molar-refractivity contribution in [2.24, 2.45) is 4.99 Å². The van der Waals surface area contributed by atoms with Gasteiger partial charge in [-0.2, -0.15) is 0 Å². The van der Waals surface area contributed by atoms with E-state index in [1.807, 2.05) is 7.05 Å². The first kappa shape index (κ1) is 22.2. The highest BCUT2D eigenvalue weighted by atomic mass is 127. The highest BCUT2D eigenvalue weighted by molar-refractivity contribution is 14.0. The molecule has 1 heterocycles. The minimum Gasteiger partial charge on any atom is -0.381 e. The molecule has 1 saturated heterocycles. The Kier molecular flexibility index (Phi) is 11.1. The van der Waals surface area contributed by atoms with E-state index in [1.54, 1.807) is 0 Å². The third-order valence-electron chi connectivity index (χ3n) is 4.37. The van der Waals surface area contributed by atoms with Gasteiger partial charge in [-0.15, -0.1) is 24.0 Å². The van der Waals surface area contributed by atoms with Crippen LogP contribution in [0.4, 0.5) is 0 Å². The Bertz CT molecular complexity index is 519. The van der Waals surface area contributed by atoms with E-state index in [0.29, 0.717) is 6.10 Å². The topological polar surface area (TPSA) is 46.1 Å². The zero-order valence-electron chi connectivity index (χ0n) is 15.7. The van der Waals surface area contributed by atoms with E-state index in [-0.39, 0.29) is 24.0 Å². The maximum Gasteiger partial charge on any atom is 0.193 e. The summed E-state index contributed by atoms with van der Waals surface area (Å²) in [6.45, 7) is 6.32. The van der Waals surface area contributed by atoms with E-state index in [0.717, 1.165) is 58.1 Å². The molecule has 25 heavy (non-hydrogen) atoms. The van der Waals surface area contributed by atoms with E-state index in [9.17, 15) is 0 Å². The number of hydrogen-bond donors (Lipinski definition) is 1. The van der Waals surface area contributed by atoms with Gasteiger partial charge in [0.25, 0.3) is 0 Å². The molecule has 0 radical (unpaired) electrons. The molecule has 1 aromatic carbocycles. The quantitative estimate of drug-likeness (QED) is 0.293. The van der Waals surface area contributed by atoms with Crippen molar-refractivity contribution >= 4 is 29.9 Å². The van der Waals surface area contributed by atoms with Crippen LogP contribution in [0.25, 0.3) is 0 Å². The molecule has 0 unspecified atom stereocenters. The molecule has 0 atom stereocenters. The van der Waals surface area contributed by atoms with Crippen molar-refractivity contribution in [2.75, 3.05) is 40.5 Å². The summed E-state index contributed by atoms with van der Waals surface area (Å²) in [5.74, 6) is 0.921. The normalized spacial score (nSPS) is 15.6. The molecule has 0 aliphatic carbocycles. The summed E-state index contributed by atoms with van der Waals surface area (Å²) >= 11 is 0. The largest absolute Gasteiger partial charge is 0.381 e. The maximum absolute atomic E-state index is 5.90. The molecule has 2 rings (SSSR count). The van der Waals surface area contributed by atoms with Gasteiger partial charge in [0, 0.05) is 47.0 Å². The summed E-state index contributed by atoms with van der Waals surface area (Å²) in [7, 11) is 3.90. The van der Waals surface area contributed by atoms with Gasteiger partial charge in [0.05, 0.1) is 6.10 Å². The summed E-state index contributed by atoms with van der Waals surface area (Å²) in [5, 5.41) is 3.42. The third-order valence-corrected chi connectivity index (χ3v) is 4.37. The molecule has 1 N–H and O–H groups in total. The number of ether oxygens (including phenoxy) is 2. The molecular weight excluding hydrogens is 429 g/mol. The molecule has 1 aromatic rings. The average molecular weight is 461 g/mol. The van der Waals surface area contributed by atoms with Crippen LogP contribution < -0.4 is 5.32 Å². The predicted octanol–water partition coefficient (Wildman–Crippen LogP) is 3.21. The molecule has 0 spiro atoms. The fraction of sp³-hybridized carbons (Fsp3) is 0.632. The summed E-state index contributed by atoms with van der Waals surface area (Å²) in [4.78, 5) is 6.53. The number of halogens is 1. The van der Waals surface area contributed by atoms with Gasteiger partial charge in [-0.05, 0) is 37.3 Å². The molecule has 1 aliphatic rings. The lowest BCUT2D eigenvalue weighted by Crippen LogP contribution is -2.39. The number of guanidine groups is 1. The number of benzene rings is 1. The summed E-state index contributed by atoms with van der Waals surface area (Å²) < 4.78 is 11.2. The Morgan fingerprint density at radius 1 is 1.32 bits per heavy atom. The smallest absolute Gasteiger partial charge is 0.193 e. The van der Waals surface area contributed by atoms with Crippen LogP contribution in [-0.2, 0) is 16.0 Å². The van der Waals surface area contributed by atoms with Gasteiger partial charge in [0.15, 0.2) is 5.96 Å². The molecule has 0 saturated carbocycles. The lowest BCUT2D eigenvalue weighted by atomic mass is 10.1. The van der Waals surface area contributed by atoms with Crippen molar-refractivity contribution in [3.63, 3.8) is 0 Å². The minimum atomic E-state index is 0. The Labute approximate surface area is 169 Å². The van der Waals surface area contributed by atoms with Gasteiger partial charge in [0.2, 0.25) is 0 Å². The van der Waals surface area contributed by atoms with Crippen LogP contribution in [0.2, 0.25) is 0 Å². The van der Waals surface area contributed by atoms with Gasteiger partial charge in [0.1, 0.15) is 0 Å². The first-order chi connectivity index (χ1) is 11.7. The second-order valence-electron chi connectivity index (χ2n) is 6.29. The molecule has 0 aromatic heterocycles. The summed E-state index contributed by atoms with van der Waals surface area (Å²) in [6, 6.07) is 8.47. The Balaban J connectivity index is 0.00000312. The van der Waals surface area contributed by atoms with Crippen LogP contribution in [-0.4, -0.2) is 57.4 Å². The number of rotatable bonds is 7. The number of nitrogens with one attached hydrogen (secondary N) is 1. The van der Waals surface area contributed by atoms with Crippen LogP contribution in [0.3, 0.4) is 0 Å². The van der Waals surface area contributed by atoms with Crippen molar-refractivity contribution in [1.29, 1.82) is 0 Å². The van der Waals surface area contributed by atoms with Crippen LogP contribution in [0, 0.1) is 6.92 Å². The van der Waals surface area contributed by atoms with Crippen LogP contribution in [0.1, 0.15) is 30.4 Å². The second kappa shape index (κ2) is 12.5. The first-order valence-corrected chi connectivity index (χ1v) is 8.86. The van der Waals surface area contributed by atoms with Gasteiger partial charge in [-0.1, -0.05) is 24.3 Å². The number of aryl methyl sites for hydroxylation is 1. The molecule has 142 valence electrons. The van der Waals surface area contributed by atoms with E-state index < -0.39 is 0 Å². The highest BCUT2D eigenvalue weighted by Gasteiger charge is 2.13. The molecule has 0 bridgehead atoms. The third kappa shape index (κ3) is 7.92. The monoisotopic (exact) mass is 461 g/mol. The molecule has 1 fully saturated rings. The van der Waals surface area contributed by atoms with Gasteiger partial charge in [-0.25, -0.2) is 0 Å². The van der Waals surface area contributed by atoms with Crippen molar-refractivity contribution in [3.05, 3.63) is 35.4 Å². The van der Waals surface area contributed by atoms with Crippen LogP contribution in [0.5, 0.6) is 0 Å². The molecular formula is C19H32IN3O2.